The lowest BCUT2D eigenvalue weighted by atomic mass is 10.1. The first-order valence-electron chi connectivity index (χ1n) is 8.69. The lowest BCUT2D eigenvalue weighted by Gasteiger charge is -2.31. The fourth-order valence-electron chi connectivity index (χ4n) is 3.11. The number of hydrogen-bond acceptors (Lipinski definition) is 3. The Hall–Kier alpha value is -2.54. The molecule has 1 aliphatic heterocycles. The molecule has 0 unspecified atom stereocenters. The van der Waals surface area contributed by atoms with Gasteiger partial charge in [-0.25, -0.2) is 0 Å². The molecule has 0 saturated carbocycles. The first-order chi connectivity index (χ1) is 12.9. The predicted octanol–water partition coefficient (Wildman–Crippen LogP) is 3.81. The molecule has 0 radical (unpaired) electrons. The van der Waals surface area contributed by atoms with Crippen LogP contribution in [0, 0.1) is 0 Å². The zero-order valence-electron chi connectivity index (χ0n) is 15.0. The highest BCUT2D eigenvalue weighted by Gasteiger charge is 2.30. The Kier molecular flexibility index (Phi) is 5.70. The molecular formula is C20H21F3N2O2. The number of ether oxygens (including phenoxy) is 1. The summed E-state index contributed by atoms with van der Waals surface area (Å²) in [5.41, 5.74) is 1.50. The Morgan fingerprint density at radius 2 is 1.70 bits per heavy atom. The number of anilines is 1. The quantitative estimate of drug-likeness (QED) is 0.811. The third-order valence-corrected chi connectivity index (χ3v) is 4.56. The van der Waals surface area contributed by atoms with E-state index in [9.17, 15) is 18.0 Å². The predicted molar refractivity (Wildman–Crippen MR) is 96.7 cm³/mol. The highest BCUT2D eigenvalue weighted by molar-refractivity contribution is 5.94. The molecule has 0 N–H and O–H groups in total. The molecule has 0 atom stereocenters. The van der Waals surface area contributed by atoms with Crippen LogP contribution in [0.2, 0.25) is 0 Å². The number of hydrogen-bond donors (Lipinski definition) is 0. The van der Waals surface area contributed by atoms with E-state index in [-0.39, 0.29) is 11.5 Å². The van der Waals surface area contributed by atoms with Crippen molar-refractivity contribution in [1.82, 2.24) is 4.90 Å². The Morgan fingerprint density at radius 3 is 2.33 bits per heavy atom. The van der Waals surface area contributed by atoms with Gasteiger partial charge < -0.3 is 14.5 Å². The van der Waals surface area contributed by atoms with Crippen molar-refractivity contribution in [3.05, 3.63) is 65.2 Å². The van der Waals surface area contributed by atoms with Gasteiger partial charge in [-0.05, 0) is 35.9 Å². The zero-order chi connectivity index (χ0) is 19.4. The van der Waals surface area contributed by atoms with Crippen LogP contribution in [-0.4, -0.2) is 44.2 Å². The summed E-state index contributed by atoms with van der Waals surface area (Å²) < 4.78 is 43.4. The van der Waals surface area contributed by atoms with Gasteiger partial charge in [0.05, 0.1) is 18.8 Å². The minimum absolute atomic E-state index is 0.231. The van der Waals surface area contributed by atoms with Crippen LogP contribution in [0.25, 0.3) is 0 Å². The smallest absolute Gasteiger partial charge is 0.378 e. The highest BCUT2D eigenvalue weighted by atomic mass is 19.4. The van der Waals surface area contributed by atoms with Crippen molar-refractivity contribution in [3.63, 3.8) is 0 Å². The first-order valence-corrected chi connectivity index (χ1v) is 8.69. The van der Waals surface area contributed by atoms with Gasteiger partial charge in [-0.2, -0.15) is 13.2 Å². The Morgan fingerprint density at radius 1 is 1.07 bits per heavy atom. The minimum Gasteiger partial charge on any atom is -0.378 e. The molecule has 3 rings (SSSR count). The molecule has 0 aliphatic carbocycles. The van der Waals surface area contributed by atoms with Crippen LogP contribution < -0.4 is 4.90 Å². The van der Waals surface area contributed by atoms with E-state index < -0.39 is 11.7 Å². The monoisotopic (exact) mass is 378 g/mol. The highest BCUT2D eigenvalue weighted by Crippen LogP contribution is 2.29. The van der Waals surface area contributed by atoms with Crippen LogP contribution in [0.5, 0.6) is 0 Å². The Bertz CT molecular complexity index is 785. The van der Waals surface area contributed by atoms with Gasteiger partial charge in [0.25, 0.3) is 5.91 Å². The molecule has 1 heterocycles. The maximum atomic E-state index is 12.7. The Balaban J connectivity index is 1.73. The number of amides is 1. The maximum Gasteiger partial charge on any atom is 0.416 e. The van der Waals surface area contributed by atoms with Crippen LogP contribution in [-0.2, 0) is 17.5 Å². The number of para-hydroxylation sites is 1. The summed E-state index contributed by atoms with van der Waals surface area (Å²) in [5.74, 6) is -0.319. The molecule has 0 aromatic heterocycles. The molecule has 144 valence electrons. The molecular weight excluding hydrogens is 357 g/mol. The van der Waals surface area contributed by atoms with Gasteiger partial charge in [0.2, 0.25) is 0 Å². The van der Waals surface area contributed by atoms with Crippen LogP contribution in [0.4, 0.5) is 18.9 Å². The summed E-state index contributed by atoms with van der Waals surface area (Å²) in [6, 6.07) is 12.1. The number of nitrogens with zero attached hydrogens (tertiary/aromatic N) is 2. The lowest BCUT2D eigenvalue weighted by Crippen LogP contribution is -2.37. The molecule has 4 nitrogen and oxygen atoms in total. The molecule has 0 spiro atoms. The van der Waals surface area contributed by atoms with E-state index in [2.05, 4.69) is 4.90 Å². The van der Waals surface area contributed by atoms with Crippen molar-refractivity contribution in [1.29, 1.82) is 0 Å². The van der Waals surface area contributed by atoms with Crippen LogP contribution in [0.1, 0.15) is 21.5 Å². The third kappa shape index (κ3) is 4.60. The topological polar surface area (TPSA) is 32.8 Å². The van der Waals surface area contributed by atoms with Gasteiger partial charge in [0.1, 0.15) is 0 Å². The molecule has 2 aromatic carbocycles. The van der Waals surface area contributed by atoms with Gasteiger partial charge in [-0.1, -0.05) is 18.2 Å². The maximum absolute atomic E-state index is 12.7. The first kappa shape index (κ1) is 19.2. The number of carbonyl (C=O) groups is 1. The standard InChI is InChI=1S/C20H21F3N2O2/c1-24(19(26)15-6-8-17(9-7-15)20(21,22)23)14-16-4-2-3-5-18(16)25-10-12-27-13-11-25/h2-9H,10-14H2,1H3. The van der Waals surface area contributed by atoms with Crippen molar-refractivity contribution in [2.75, 3.05) is 38.3 Å². The molecule has 2 aromatic rings. The number of benzene rings is 2. The molecule has 1 amide bonds. The summed E-state index contributed by atoms with van der Waals surface area (Å²) in [5, 5.41) is 0. The van der Waals surface area contributed by atoms with Crippen LogP contribution in [0.15, 0.2) is 48.5 Å². The van der Waals surface area contributed by atoms with Crippen molar-refractivity contribution >= 4 is 11.6 Å². The van der Waals surface area contributed by atoms with E-state index in [4.69, 9.17) is 4.74 Å². The number of halogens is 3. The van der Waals surface area contributed by atoms with Crippen molar-refractivity contribution in [2.45, 2.75) is 12.7 Å². The summed E-state index contributed by atoms with van der Waals surface area (Å²) in [4.78, 5) is 16.3. The third-order valence-electron chi connectivity index (χ3n) is 4.56. The van der Waals surface area contributed by atoms with E-state index in [1.165, 1.54) is 17.0 Å². The second kappa shape index (κ2) is 8.00. The fourth-order valence-corrected chi connectivity index (χ4v) is 3.11. The average Bonchev–Trinajstić information content (AvgIpc) is 2.68. The summed E-state index contributed by atoms with van der Waals surface area (Å²) in [7, 11) is 1.65. The van der Waals surface area contributed by atoms with Crippen LogP contribution in [0.3, 0.4) is 0 Å². The second-order valence-corrected chi connectivity index (χ2v) is 6.46. The summed E-state index contributed by atoms with van der Waals surface area (Å²) in [6.07, 6.45) is -4.41. The number of carbonyl (C=O) groups excluding carboxylic acids is 1. The van der Waals surface area contributed by atoms with Crippen molar-refractivity contribution in [3.8, 4) is 0 Å². The lowest BCUT2D eigenvalue weighted by molar-refractivity contribution is -0.137. The van der Waals surface area contributed by atoms with Gasteiger partial charge in [0.15, 0.2) is 0 Å². The zero-order valence-corrected chi connectivity index (χ0v) is 15.0. The van der Waals surface area contributed by atoms with Gasteiger partial charge in [0, 0.05) is 37.9 Å². The average molecular weight is 378 g/mol. The molecule has 27 heavy (non-hydrogen) atoms. The van der Waals surface area contributed by atoms with Crippen molar-refractivity contribution in [2.24, 2.45) is 0 Å². The fraction of sp³-hybridized carbons (Fsp3) is 0.350. The summed E-state index contributed by atoms with van der Waals surface area (Å²) >= 11 is 0. The molecule has 7 heteroatoms. The number of morpholine rings is 1. The minimum atomic E-state index is -4.41. The number of rotatable bonds is 4. The Labute approximate surface area is 156 Å². The second-order valence-electron chi connectivity index (χ2n) is 6.46. The van der Waals surface area contributed by atoms with Gasteiger partial charge >= 0.3 is 6.18 Å². The van der Waals surface area contributed by atoms with E-state index in [0.29, 0.717) is 19.8 Å². The molecule has 0 bridgehead atoms. The number of alkyl halides is 3. The van der Waals surface area contributed by atoms with Crippen molar-refractivity contribution < 1.29 is 22.7 Å². The SMILES string of the molecule is CN(Cc1ccccc1N1CCOCC1)C(=O)c1ccc(C(F)(F)F)cc1. The normalized spacial score (nSPS) is 14.9. The summed E-state index contributed by atoms with van der Waals surface area (Å²) in [6.45, 7) is 3.26. The largest absolute Gasteiger partial charge is 0.416 e. The van der Waals surface area contributed by atoms with E-state index in [1.807, 2.05) is 24.3 Å². The molecule has 1 saturated heterocycles. The van der Waals surface area contributed by atoms with Crippen LogP contribution >= 0.6 is 0 Å². The van der Waals surface area contributed by atoms with Gasteiger partial charge in [-0.15, -0.1) is 0 Å². The van der Waals surface area contributed by atoms with E-state index in [1.54, 1.807) is 7.05 Å². The molecule has 1 aliphatic rings. The molecule has 1 fully saturated rings. The van der Waals surface area contributed by atoms with E-state index in [0.717, 1.165) is 36.5 Å². The van der Waals surface area contributed by atoms with E-state index >= 15 is 0 Å². The van der Waals surface area contributed by atoms with Gasteiger partial charge in [-0.3, -0.25) is 4.79 Å².